The number of hydrogen-bond donors (Lipinski definition) is 1. The molecule has 2 aromatic rings. The van der Waals surface area contributed by atoms with E-state index in [9.17, 15) is 4.79 Å². The number of piperidine rings is 1. The molecule has 7 nitrogen and oxygen atoms in total. The predicted octanol–water partition coefficient (Wildman–Crippen LogP) is 1.67. The van der Waals surface area contributed by atoms with Crippen molar-refractivity contribution >= 4 is 11.6 Å². The van der Waals surface area contributed by atoms with E-state index >= 15 is 0 Å². The number of aromatic nitrogens is 5. The predicted molar refractivity (Wildman–Crippen MR) is 88.7 cm³/mol. The lowest BCUT2D eigenvalue weighted by molar-refractivity contribution is 0.192. The largest absolute Gasteiger partial charge is 0.345 e. The summed E-state index contributed by atoms with van der Waals surface area (Å²) >= 11 is 6.27. The van der Waals surface area contributed by atoms with Crippen molar-refractivity contribution in [1.29, 1.82) is 0 Å². The van der Waals surface area contributed by atoms with Crippen molar-refractivity contribution < 1.29 is 0 Å². The summed E-state index contributed by atoms with van der Waals surface area (Å²) in [7, 11) is 1.71. The van der Waals surface area contributed by atoms with E-state index in [1.54, 1.807) is 11.6 Å². The van der Waals surface area contributed by atoms with Gasteiger partial charge in [-0.15, -0.1) is 0 Å². The SMILES string of the molecule is CCn1c([C@H]2CCCN(Cc3n[nH]c(C)c3Cl)C2)nn(C)c1=O. The van der Waals surface area contributed by atoms with Gasteiger partial charge in [0, 0.05) is 32.6 Å². The van der Waals surface area contributed by atoms with Gasteiger partial charge in [-0.25, -0.2) is 9.48 Å². The van der Waals surface area contributed by atoms with Crippen molar-refractivity contribution in [2.75, 3.05) is 13.1 Å². The minimum absolute atomic E-state index is 0.0365. The number of nitrogens with one attached hydrogen (secondary N) is 1. The third-order valence-corrected chi connectivity index (χ3v) is 5.04. The molecule has 1 N–H and O–H groups in total. The van der Waals surface area contributed by atoms with Crippen LogP contribution in [0.1, 0.15) is 42.9 Å². The number of rotatable bonds is 4. The van der Waals surface area contributed by atoms with Crippen LogP contribution in [0.15, 0.2) is 4.79 Å². The highest BCUT2D eigenvalue weighted by Gasteiger charge is 2.27. The van der Waals surface area contributed by atoms with Gasteiger partial charge in [0.1, 0.15) is 5.82 Å². The first-order valence-electron chi connectivity index (χ1n) is 8.06. The minimum atomic E-state index is -0.0365. The Balaban J connectivity index is 1.77. The van der Waals surface area contributed by atoms with Crippen molar-refractivity contribution in [3.05, 3.63) is 32.7 Å². The fourth-order valence-corrected chi connectivity index (χ4v) is 3.46. The topological polar surface area (TPSA) is 71.7 Å². The summed E-state index contributed by atoms with van der Waals surface area (Å²) in [4.78, 5) is 14.4. The van der Waals surface area contributed by atoms with E-state index < -0.39 is 0 Å². The molecule has 1 aliphatic rings. The first-order valence-corrected chi connectivity index (χ1v) is 8.44. The van der Waals surface area contributed by atoms with Gasteiger partial charge in [-0.05, 0) is 33.2 Å². The van der Waals surface area contributed by atoms with Gasteiger partial charge in [0.15, 0.2) is 0 Å². The lowest BCUT2D eigenvalue weighted by Crippen LogP contribution is -2.35. The summed E-state index contributed by atoms with van der Waals surface area (Å²) < 4.78 is 3.21. The maximum absolute atomic E-state index is 12.1. The van der Waals surface area contributed by atoms with Crippen LogP contribution in [0.3, 0.4) is 0 Å². The lowest BCUT2D eigenvalue weighted by Gasteiger charge is -2.31. The van der Waals surface area contributed by atoms with E-state index in [-0.39, 0.29) is 11.6 Å². The molecule has 0 aliphatic carbocycles. The highest BCUT2D eigenvalue weighted by atomic mass is 35.5. The Labute approximate surface area is 140 Å². The maximum Gasteiger partial charge on any atom is 0.345 e. The highest BCUT2D eigenvalue weighted by molar-refractivity contribution is 6.31. The Hall–Kier alpha value is -1.60. The summed E-state index contributed by atoms with van der Waals surface area (Å²) in [5.41, 5.74) is 1.75. The first kappa shape index (κ1) is 16.3. The van der Waals surface area contributed by atoms with Gasteiger partial charge in [0.25, 0.3) is 0 Å². The molecule has 126 valence electrons. The Morgan fingerprint density at radius 1 is 1.43 bits per heavy atom. The third-order valence-electron chi connectivity index (χ3n) is 4.54. The molecule has 1 atom stereocenters. The highest BCUT2D eigenvalue weighted by Crippen LogP contribution is 2.27. The molecule has 0 amide bonds. The zero-order valence-electron chi connectivity index (χ0n) is 13.8. The maximum atomic E-state index is 12.1. The zero-order chi connectivity index (χ0) is 16.6. The van der Waals surface area contributed by atoms with Crippen LogP contribution in [0.2, 0.25) is 5.02 Å². The fraction of sp³-hybridized carbons (Fsp3) is 0.667. The van der Waals surface area contributed by atoms with Crippen LogP contribution in [0.25, 0.3) is 0 Å². The monoisotopic (exact) mass is 338 g/mol. The zero-order valence-corrected chi connectivity index (χ0v) is 14.6. The van der Waals surface area contributed by atoms with Crippen LogP contribution >= 0.6 is 11.6 Å². The molecule has 0 radical (unpaired) electrons. The van der Waals surface area contributed by atoms with E-state index in [2.05, 4.69) is 20.2 Å². The van der Waals surface area contributed by atoms with Gasteiger partial charge in [-0.2, -0.15) is 10.2 Å². The van der Waals surface area contributed by atoms with Gasteiger partial charge >= 0.3 is 5.69 Å². The Morgan fingerprint density at radius 2 is 2.22 bits per heavy atom. The molecule has 0 bridgehead atoms. The lowest BCUT2D eigenvalue weighted by atomic mass is 9.97. The first-order chi connectivity index (χ1) is 11.0. The minimum Gasteiger partial charge on any atom is -0.297 e. The standard InChI is InChI=1S/C15H23ClN6O/c1-4-22-14(19-20(3)15(22)23)11-6-5-7-21(8-11)9-12-13(16)10(2)17-18-12/h11H,4-9H2,1-3H3,(H,17,18)/t11-/m0/s1. The van der Waals surface area contributed by atoms with Gasteiger partial charge in [-0.3, -0.25) is 14.6 Å². The van der Waals surface area contributed by atoms with E-state index in [0.29, 0.717) is 6.54 Å². The Bertz CT molecular complexity index is 746. The number of aromatic amines is 1. The second-order valence-electron chi connectivity index (χ2n) is 6.19. The summed E-state index contributed by atoms with van der Waals surface area (Å²) in [6.45, 7) is 7.18. The molecule has 1 saturated heterocycles. The van der Waals surface area contributed by atoms with E-state index in [1.807, 2.05) is 13.8 Å². The van der Waals surface area contributed by atoms with Gasteiger partial charge in [0.2, 0.25) is 0 Å². The normalized spacial score (nSPS) is 19.4. The van der Waals surface area contributed by atoms with Crippen molar-refractivity contribution in [3.8, 4) is 0 Å². The molecule has 0 saturated carbocycles. The summed E-state index contributed by atoms with van der Waals surface area (Å²) in [6, 6.07) is 0. The van der Waals surface area contributed by atoms with Crippen LogP contribution in [0, 0.1) is 6.92 Å². The van der Waals surface area contributed by atoms with Crippen LogP contribution in [-0.2, 0) is 20.1 Å². The number of hydrogen-bond acceptors (Lipinski definition) is 4. The van der Waals surface area contributed by atoms with Crippen LogP contribution in [0.4, 0.5) is 0 Å². The van der Waals surface area contributed by atoms with Crippen molar-refractivity contribution in [1.82, 2.24) is 29.4 Å². The van der Waals surface area contributed by atoms with Crippen molar-refractivity contribution in [2.24, 2.45) is 7.05 Å². The number of halogens is 1. The van der Waals surface area contributed by atoms with Crippen LogP contribution < -0.4 is 5.69 Å². The molecule has 0 spiro atoms. The third kappa shape index (κ3) is 3.07. The van der Waals surface area contributed by atoms with Crippen LogP contribution in [0.5, 0.6) is 0 Å². The van der Waals surface area contributed by atoms with Crippen LogP contribution in [-0.4, -0.2) is 42.5 Å². The molecular formula is C15H23ClN6O. The number of nitrogens with zero attached hydrogens (tertiary/aromatic N) is 5. The second kappa shape index (κ2) is 6.49. The summed E-state index contributed by atoms with van der Waals surface area (Å²) in [5, 5.41) is 12.4. The quantitative estimate of drug-likeness (QED) is 0.920. The molecule has 1 fully saturated rings. The summed E-state index contributed by atoms with van der Waals surface area (Å²) in [5.74, 6) is 1.17. The smallest absolute Gasteiger partial charge is 0.297 e. The van der Waals surface area contributed by atoms with E-state index in [0.717, 1.165) is 54.7 Å². The van der Waals surface area contributed by atoms with Gasteiger partial charge in [-0.1, -0.05) is 11.6 Å². The van der Waals surface area contributed by atoms with Crippen molar-refractivity contribution in [2.45, 2.75) is 45.7 Å². The van der Waals surface area contributed by atoms with E-state index in [4.69, 9.17) is 11.6 Å². The number of likely N-dealkylation sites (tertiary alicyclic amines) is 1. The van der Waals surface area contributed by atoms with Crippen molar-refractivity contribution in [3.63, 3.8) is 0 Å². The molecule has 3 heterocycles. The summed E-state index contributed by atoms with van der Waals surface area (Å²) in [6.07, 6.45) is 2.14. The number of H-pyrrole nitrogens is 1. The Kier molecular flexibility index (Phi) is 4.59. The average molecular weight is 339 g/mol. The molecule has 23 heavy (non-hydrogen) atoms. The molecular weight excluding hydrogens is 316 g/mol. The Morgan fingerprint density at radius 3 is 2.87 bits per heavy atom. The van der Waals surface area contributed by atoms with Gasteiger partial charge in [0.05, 0.1) is 16.4 Å². The molecule has 0 aromatic carbocycles. The second-order valence-corrected chi connectivity index (χ2v) is 6.57. The van der Waals surface area contributed by atoms with Gasteiger partial charge < -0.3 is 0 Å². The molecule has 1 aliphatic heterocycles. The molecule has 8 heteroatoms. The molecule has 2 aromatic heterocycles. The molecule has 3 rings (SSSR count). The fourth-order valence-electron chi connectivity index (χ4n) is 3.31. The average Bonchev–Trinajstić information content (AvgIpc) is 3.01. The molecule has 0 unspecified atom stereocenters. The number of aryl methyl sites for hydroxylation is 2. The van der Waals surface area contributed by atoms with E-state index in [1.165, 1.54) is 4.68 Å².